The fourth-order valence-corrected chi connectivity index (χ4v) is 4.43. The Labute approximate surface area is 122 Å². The van der Waals surface area contributed by atoms with Crippen LogP contribution in [0.5, 0.6) is 0 Å². The molecule has 1 fully saturated rings. The number of thiophene rings is 1. The first kappa shape index (κ1) is 15.0. The Balaban J connectivity index is 1.89. The van der Waals surface area contributed by atoms with Gasteiger partial charge in [0.05, 0.1) is 6.07 Å². The van der Waals surface area contributed by atoms with Crippen LogP contribution in [0.1, 0.15) is 19.3 Å². The number of likely N-dealkylation sites (tertiary alicyclic amines) is 1. The Hall–Kier alpha value is -1.43. The van der Waals surface area contributed by atoms with Crippen molar-refractivity contribution in [2.24, 2.45) is 0 Å². The molecule has 0 aromatic carbocycles. The summed E-state index contributed by atoms with van der Waals surface area (Å²) in [7, 11) is -3.45. The molecule has 8 heteroatoms. The van der Waals surface area contributed by atoms with Crippen LogP contribution in [-0.2, 0) is 14.8 Å². The molecule has 1 N–H and O–H groups in total. The Bertz CT molecular complexity index is 596. The summed E-state index contributed by atoms with van der Waals surface area (Å²) in [5.41, 5.74) is 0. The van der Waals surface area contributed by atoms with Gasteiger partial charge in [-0.25, -0.2) is 13.1 Å². The second-order valence-corrected chi connectivity index (χ2v) is 7.43. The average molecular weight is 313 g/mol. The molecule has 0 unspecified atom stereocenters. The summed E-state index contributed by atoms with van der Waals surface area (Å²) in [5.74, 6) is -0.188. The van der Waals surface area contributed by atoms with E-state index in [1.165, 1.54) is 11.3 Å². The first-order valence-electron chi connectivity index (χ1n) is 6.23. The zero-order valence-corrected chi connectivity index (χ0v) is 12.4. The second kappa shape index (κ2) is 6.35. The van der Waals surface area contributed by atoms with Crippen LogP contribution in [0.2, 0.25) is 0 Å². The fourth-order valence-electron chi connectivity index (χ4n) is 2.12. The van der Waals surface area contributed by atoms with Crippen molar-refractivity contribution < 1.29 is 13.2 Å². The van der Waals surface area contributed by atoms with E-state index in [4.69, 9.17) is 5.26 Å². The minimum absolute atomic E-state index is 0.119. The zero-order chi connectivity index (χ0) is 14.6. The number of carbonyl (C=O) groups excluding carboxylic acids is 1. The maximum Gasteiger partial charge on any atom is 0.250 e. The Morgan fingerprint density at radius 2 is 2.20 bits per heavy atom. The number of sulfonamides is 1. The highest BCUT2D eigenvalue weighted by Gasteiger charge is 2.26. The molecule has 0 atom stereocenters. The molecule has 20 heavy (non-hydrogen) atoms. The number of amides is 1. The first-order chi connectivity index (χ1) is 9.53. The number of nitriles is 1. The minimum Gasteiger partial charge on any atom is -0.342 e. The van der Waals surface area contributed by atoms with Crippen molar-refractivity contribution >= 4 is 27.3 Å². The maximum absolute atomic E-state index is 12.1. The molecular weight excluding hydrogens is 298 g/mol. The van der Waals surface area contributed by atoms with Crippen LogP contribution in [0.15, 0.2) is 21.7 Å². The van der Waals surface area contributed by atoms with Crippen LogP contribution < -0.4 is 4.72 Å². The number of piperidine rings is 1. The highest BCUT2D eigenvalue weighted by Crippen LogP contribution is 2.18. The second-order valence-electron chi connectivity index (χ2n) is 4.54. The lowest BCUT2D eigenvalue weighted by atomic mass is 10.1. The monoisotopic (exact) mass is 313 g/mol. The number of nitrogens with one attached hydrogen (secondary N) is 1. The SMILES string of the molecule is N#CCC(=O)N1CCC(NS(=O)(=O)c2cccs2)CC1. The van der Waals surface area contributed by atoms with Crippen molar-refractivity contribution in [2.75, 3.05) is 13.1 Å². The molecule has 108 valence electrons. The molecule has 0 radical (unpaired) electrons. The van der Waals surface area contributed by atoms with E-state index in [2.05, 4.69) is 4.72 Å². The van der Waals surface area contributed by atoms with E-state index in [1.807, 2.05) is 6.07 Å². The van der Waals surface area contributed by atoms with E-state index in [9.17, 15) is 13.2 Å². The maximum atomic E-state index is 12.1. The minimum atomic E-state index is -3.45. The highest BCUT2D eigenvalue weighted by atomic mass is 32.2. The van der Waals surface area contributed by atoms with Crippen molar-refractivity contribution in [2.45, 2.75) is 29.5 Å². The smallest absolute Gasteiger partial charge is 0.250 e. The molecule has 2 heterocycles. The van der Waals surface area contributed by atoms with Gasteiger partial charge in [-0.15, -0.1) is 11.3 Å². The van der Waals surface area contributed by atoms with Gasteiger partial charge >= 0.3 is 0 Å². The average Bonchev–Trinajstić information content (AvgIpc) is 2.94. The largest absolute Gasteiger partial charge is 0.342 e. The third-order valence-corrected chi connectivity index (χ3v) is 6.08. The topological polar surface area (TPSA) is 90.3 Å². The number of nitrogens with zero attached hydrogens (tertiary/aromatic N) is 2. The van der Waals surface area contributed by atoms with Crippen molar-refractivity contribution in [1.82, 2.24) is 9.62 Å². The molecule has 6 nitrogen and oxygen atoms in total. The summed E-state index contributed by atoms with van der Waals surface area (Å²) in [6, 6.07) is 4.94. The molecule has 1 aromatic rings. The Kier molecular flexibility index (Phi) is 4.75. The van der Waals surface area contributed by atoms with Crippen molar-refractivity contribution in [1.29, 1.82) is 5.26 Å². The molecule has 0 saturated carbocycles. The molecule has 0 aliphatic carbocycles. The van der Waals surface area contributed by atoms with Gasteiger partial charge in [-0.2, -0.15) is 5.26 Å². The molecule has 0 spiro atoms. The molecule has 0 bridgehead atoms. The van der Waals surface area contributed by atoms with E-state index in [-0.39, 0.29) is 18.4 Å². The van der Waals surface area contributed by atoms with Gasteiger partial charge in [0.15, 0.2) is 0 Å². The lowest BCUT2D eigenvalue weighted by molar-refractivity contribution is -0.131. The van der Waals surface area contributed by atoms with Gasteiger partial charge in [0.2, 0.25) is 15.9 Å². The first-order valence-corrected chi connectivity index (χ1v) is 8.60. The van der Waals surface area contributed by atoms with Crippen LogP contribution in [0.25, 0.3) is 0 Å². The standard InChI is InChI=1S/C12H15N3O3S2/c13-6-3-11(16)15-7-4-10(5-8-15)14-20(17,18)12-2-1-9-19-12/h1-2,9-10,14H,3-5,7-8H2. The number of hydrogen-bond acceptors (Lipinski definition) is 5. The number of carbonyl (C=O) groups is 1. The lowest BCUT2D eigenvalue weighted by Gasteiger charge is -2.31. The molecule has 1 aromatic heterocycles. The zero-order valence-electron chi connectivity index (χ0n) is 10.8. The summed E-state index contributed by atoms with van der Waals surface area (Å²) in [6.45, 7) is 0.969. The van der Waals surface area contributed by atoms with Crippen LogP contribution in [0, 0.1) is 11.3 Å². The predicted molar refractivity (Wildman–Crippen MR) is 74.5 cm³/mol. The molecule has 2 rings (SSSR count). The van der Waals surface area contributed by atoms with Crippen LogP contribution >= 0.6 is 11.3 Å². The number of hydrogen-bond donors (Lipinski definition) is 1. The van der Waals surface area contributed by atoms with Crippen molar-refractivity contribution in [3.8, 4) is 6.07 Å². The van der Waals surface area contributed by atoms with E-state index in [0.717, 1.165) is 0 Å². The van der Waals surface area contributed by atoms with E-state index in [0.29, 0.717) is 30.1 Å². The van der Waals surface area contributed by atoms with Crippen LogP contribution in [0.3, 0.4) is 0 Å². The third kappa shape index (κ3) is 3.56. The van der Waals surface area contributed by atoms with Gasteiger partial charge < -0.3 is 4.90 Å². The molecule has 1 aliphatic rings. The van der Waals surface area contributed by atoms with E-state index in [1.54, 1.807) is 22.4 Å². The van der Waals surface area contributed by atoms with E-state index < -0.39 is 10.0 Å². The van der Waals surface area contributed by atoms with E-state index >= 15 is 0 Å². The quantitative estimate of drug-likeness (QED) is 0.895. The van der Waals surface area contributed by atoms with Crippen LogP contribution in [-0.4, -0.2) is 38.4 Å². The Morgan fingerprint density at radius 1 is 1.50 bits per heavy atom. The van der Waals surface area contributed by atoms with Gasteiger partial charge in [-0.3, -0.25) is 4.79 Å². The summed E-state index contributed by atoms with van der Waals surface area (Å²) >= 11 is 1.18. The molecule has 1 saturated heterocycles. The molecule has 1 amide bonds. The summed E-state index contributed by atoms with van der Waals surface area (Å²) in [6.07, 6.45) is 1.02. The highest BCUT2D eigenvalue weighted by molar-refractivity contribution is 7.91. The van der Waals surface area contributed by atoms with Crippen molar-refractivity contribution in [3.63, 3.8) is 0 Å². The fraction of sp³-hybridized carbons (Fsp3) is 0.500. The normalized spacial score (nSPS) is 16.9. The van der Waals surface area contributed by atoms with Crippen molar-refractivity contribution in [3.05, 3.63) is 17.5 Å². The molecular formula is C12H15N3O3S2. The molecule has 1 aliphatic heterocycles. The van der Waals surface area contributed by atoms with Gasteiger partial charge in [0.25, 0.3) is 0 Å². The summed E-state index contributed by atoms with van der Waals surface area (Å²) in [5, 5.41) is 10.2. The number of rotatable bonds is 4. The predicted octanol–water partition coefficient (Wildman–Crippen LogP) is 0.931. The van der Waals surface area contributed by atoms with Crippen LogP contribution in [0.4, 0.5) is 0 Å². The third-order valence-electron chi connectivity index (χ3n) is 3.16. The summed E-state index contributed by atoms with van der Waals surface area (Å²) < 4.78 is 27.1. The van der Waals surface area contributed by atoms with Gasteiger partial charge in [0, 0.05) is 19.1 Å². The lowest BCUT2D eigenvalue weighted by Crippen LogP contribution is -2.46. The summed E-state index contributed by atoms with van der Waals surface area (Å²) in [4.78, 5) is 13.2. The van der Waals surface area contributed by atoms with Gasteiger partial charge in [-0.05, 0) is 24.3 Å². The Morgan fingerprint density at radius 3 is 2.75 bits per heavy atom. The van der Waals surface area contributed by atoms with Gasteiger partial charge in [-0.1, -0.05) is 6.07 Å². The van der Waals surface area contributed by atoms with Gasteiger partial charge in [0.1, 0.15) is 10.6 Å².